The predicted molar refractivity (Wildman–Crippen MR) is 74.0 cm³/mol. The number of rotatable bonds is 2. The number of nitrogen functional groups attached to an aromatic ring is 1. The lowest BCUT2D eigenvalue weighted by atomic mass is 10.2. The molecule has 0 bridgehead atoms. The van der Waals surface area contributed by atoms with Crippen LogP contribution in [-0.4, -0.2) is 19.6 Å². The van der Waals surface area contributed by atoms with Crippen LogP contribution in [0.1, 0.15) is 11.4 Å². The maximum absolute atomic E-state index is 11.5. The number of nitrogens with one attached hydrogen (secondary N) is 1. The highest BCUT2D eigenvalue weighted by Gasteiger charge is 2.09. The zero-order valence-corrected chi connectivity index (χ0v) is 11.0. The molecule has 0 saturated carbocycles. The van der Waals surface area contributed by atoms with Gasteiger partial charge in [-0.25, -0.2) is 14.3 Å². The molecule has 0 aliphatic carbocycles. The molecule has 0 unspecified atom stereocenters. The van der Waals surface area contributed by atoms with Gasteiger partial charge in [-0.1, -0.05) is 6.07 Å². The van der Waals surface area contributed by atoms with E-state index >= 15 is 0 Å². The minimum atomic E-state index is -0.327. The molecule has 20 heavy (non-hydrogen) atoms. The number of benzene rings is 1. The predicted octanol–water partition coefficient (Wildman–Crippen LogP) is 1.41. The Hall–Kier alpha value is -2.83. The van der Waals surface area contributed by atoms with Crippen LogP contribution in [0.15, 0.2) is 29.1 Å². The molecule has 7 nitrogen and oxygen atoms in total. The van der Waals surface area contributed by atoms with Gasteiger partial charge in [-0.05, 0) is 31.5 Å². The number of aromatic nitrogens is 4. The lowest BCUT2D eigenvalue weighted by molar-refractivity contribution is 0.461. The van der Waals surface area contributed by atoms with E-state index in [9.17, 15) is 4.79 Å². The Kier molecular flexibility index (Phi) is 2.67. The number of aryl methyl sites for hydroxylation is 2. The van der Waals surface area contributed by atoms with Gasteiger partial charge in [-0.15, -0.1) is 0 Å². The summed E-state index contributed by atoms with van der Waals surface area (Å²) in [5.41, 5.74) is 7.54. The van der Waals surface area contributed by atoms with Gasteiger partial charge in [0.2, 0.25) is 5.88 Å². The Labute approximate surface area is 114 Å². The number of H-pyrrole nitrogens is 1. The Morgan fingerprint density at radius 1 is 1.30 bits per heavy atom. The van der Waals surface area contributed by atoms with Crippen LogP contribution in [-0.2, 0) is 0 Å². The second-order valence-electron chi connectivity index (χ2n) is 4.51. The van der Waals surface area contributed by atoms with E-state index in [1.165, 1.54) is 4.40 Å². The number of anilines is 1. The first kappa shape index (κ1) is 12.2. The Morgan fingerprint density at radius 2 is 2.10 bits per heavy atom. The van der Waals surface area contributed by atoms with Crippen molar-refractivity contribution in [1.82, 2.24) is 19.6 Å². The van der Waals surface area contributed by atoms with Crippen LogP contribution in [0.25, 0.3) is 5.65 Å². The fraction of sp³-hybridized carbons (Fsp3) is 0.154. The molecule has 1 aromatic carbocycles. The van der Waals surface area contributed by atoms with Crippen LogP contribution >= 0.6 is 0 Å². The van der Waals surface area contributed by atoms with Crippen LogP contribution < -0.4 is 16.2 Å². The molecule has 0 saturated heterocycles. The summed E-state index contributed by atoms with van der Waals surface area (Å²) in [4.78, 5) is 15.7. The minimum absolute atomic E-state index is 0.327. The second-order valence-corrected chi connectivity index (χ2v) is 4.51. The van der Waals surface area contributed by atoms with E-state index < -0.39 is 0 Å². The molecule has 0 radical (unpaired) electrons. The van der Waals surface area contributed by atoms with Crippen LogP contribution in [0.3, 0.4) is 0 Å². The lowest BCUT2D eigenvalue weighted by Gasteiger charge is -2.09. The van der Waals surface area contributed by atoms with E-state index in [0.717, 1.165) is 5.56 Å². The average Bonchev–Trinajstić information content (AvgIpc) is 2.76. The van der Waals surface area contributed by atoms with E-state index in [4.69, 9.17) is 10.5 Å². The summed E-state index contributed by atoms with van der Waals surface area (Å²) >= 11 is 0. The van der Waals surface area contributed by atoms with E-state index in [-0.39, 0.29) is 5.69 Å². The van der Waals surface area contributed by atoms with Crippen molar-refractivity contribution in [3.05, 3.63) is 46.1 Å². The quantitative estimate of drug-likeness (QED) is 0.687. The first-order valence-electron chi connectivity index (χ1n) is 6.03. The molecule has 3 aromatic rings. The lowest BCUT2D eigenvalue weighted by Crippen LogP contribution is -2.13. The second kappa shape index (κ2) is 4.37. The highest BCUT2D eigenvalue weighted by molar-refractivity contribution is 5.55. The van der Waals surface area contributed by atoms with Gasteiger partial charge in [0.05, 0.1) is 5.69 Å². The largest absolute Gasteiger partial charge is 0.437 e. The molecule has 2 heterocycles. The van der Waals surface area contributed by atoms with Gasteiger partial charge in [0, 0.05) is 6.07 Å². The zero-order chi connectivity index (χ0) is 14.3. The molecular formula is C13H13N5O2. The Balaban J connectivity index is 2.07. The molecule has 102 valence electrons. The van der Waals surface area contributed by atoms with Crippen molar-refractivity contribution >= 4 is 11.3 Å². The number of nitrogens with two attached hydrogens (primary N) is 1. The van der Waals surface area contributed by atoms with E-state index in [0.29, 0.717) is 28.8 Å². The standard InChI is InChI=1S/C13H13N5O2/c1-7-3-4-9(14)10(5-7)20-12-6-11-16-17-13(19)18(11)8(2)15-12/h3-6H,14H2,1-2H3,(H,17,19). The topological polar surface area (TPSA) is 98.3 Å². The van der Waals surface area contributed by atoms with Crippen molar-refractivity contribution in [2.75, 3.05) is 5.73 Å². The SMILES string of the molecule is Cc1ccc(N)c(Oc2cc3n[nH]c(=O)n3c(C)n2)c1. The maximum atomic E-state index is 11.5. The summed E-state index contributed by atoms with van der Waals surface area (Å²) in [6.07, 6.45) is 0. The van der Waals surface area contributed by atoms with Crippen LogP contribution in [0.4, 0.5) is 5.69 Å². The molecule has 0 aliphatic rings. The molecule has 0 amide bonds. The zero-order valence-electron chi connectivity index (χ0n) is 11.0. The molecule has 0 atom stereocenters. The van der Waals surface area contributed by atoms with Crippen molar-refractivity contribution in [2.24, 2.45) is 0 Å². The summed E-state index contributed by atoms with van der Waals surface area (Å²) in [5, 5.41) is 6.26. The van der Waals surface area contributed by atoms with Gasteiger partial charge in [-0.3, -0.25) is 0 Å². The normalized spacial score (nSPS) is 10.9. The number of ether oxygens (including phenoxy) is 1. The summed E-state index contributed by atoms with van der Waals surface area (Å²) < 4.78 is 7.05. The van der Waals surface area contributed by atoms with Crippen molar-refractivity contribution < 1.29 is 4.74 Å². The average molecular weight is 271 g/mol. The summed E-state index contributed by atoms with van der Waals surface area (Å²) in [6, 6.07) is 7.08. The number of nitrogens with zero attached hydrogens (tertiary/aromatic N) is 3. The summed E-state index contributed by atoms with van der Waals surface area (Å²) in [7, 11) is 0. The fourth-order valence-corrected chi connectivity index (χ4v) is 1.97. The molecule has 0 spiro atoms. The van der Waals surface area contributed by atoms with Crippen molar-refractivity contribution in [2.45, 2.75) is 13.8 Å². The minimum Gasteiger partial charge on any atom is -0.437 e. The molecular weight excluding hydrogens is 258 g/mol. The van der Waals surface area contributed by atoms with Crippen LogP contribution in [0.2, 0.25) is 0 Å². The smallest absolute Gasteiger partial charge is 0.349 e. The number of fused-ring (bicyclic) bond motifs is 1. The monoisotopic (exact) mass is 271 g/mol. The van der Waals surface area contributed by atoms with Gasteiger partial charge in [0.25, 0.3) is 0 Å². The molecule has 3 N–H and O–H groups in total. The molecule has 0 aliphatic heterocycles. The third kappa shape index (κ3) is 1.99. The van der Waals surface area contributed by atoms with Crippen LogP contribution in [0, 0.1) is 13.8 Å². The van der Waals surface area contributed by atoms with Crippen LogP contribution in [0.5, 0.6) is 11.6 Å². The van der Waals surface area contributed by atoms with Crippen molar-refractivity contribution in [1.29, 1.82) is 0 Å². The van der Waals surface area contributed by atoms with Crippen molar-refractivity contribution in [3.8, 4) is 11.6 Å². The number of aromatic amines is 1. The molecule has 7 heteroatoms. The molecule has 2 aromatic heterocycles. The fourth-order valence-electron chi connectivity index (χ4n) is 1.97. The highest BCUT2D eigenvalue weighted by Crippen LogP contribution is 2.27. The summed E-state index contributed by atoms with van der Waals surface area (Å²) in [6.45, 7) is 3.65. The number of hydrogen-bond acceptors (Lipinski definition) is 5. The number of hydrogen-bond donors (Lipinski definition) is 2. The first-order chi connectivity index (χ1) is 9.54. The first-order valence-corrected chi connectivity index (χ1v) is 6.03. The van der Waals surface area contributed by atoms with Gasteiger partial charge < -0.3 is 10.5 Å². The van der Waals surface area contributed by atoms with E-state index in [1.54, 1.807) is 19.1 Å². The van der Waals surface area contributed by atoms with Gasteiger partial charge in [0.15, 0.2) is 11.4 Å². The third-order valence-corrected chi connectivity index (χ3v) is 2.93. The van der Waals surface area contributed by atoms with Gasteiger partial charge >= 0.3 is 5.69 Å². The molecule has 0 fully saturated rings. The third-order valence-electron chi connectivity index (χ3n) is 2.93. The maximum Gasteiger partial charge on any atom is 0.349 e. The Morgan fingerprint density at radius 3 is 2.90 bits per heavy atom. The van der Waals surface area contributed by atoms with Crippen molar-refractivity contribution in [3.63, 3.8) is 0 Å². The van der Waals surface area contributed by atoms with E-state index in [2.05, 4.69) is 15.2 Å². The highest BCUT2D eigenvalue weighted by atomic mass is 16.5. The van der Waals surface area contributed by atoms with E-state index in [1.807, 2.05) is 19.1 Å². The molecule has 3 rings (SSSR count). The van der Waals surface area contributed by atoms with Gasteiger partial charge in [0.1, 0.15) is 5.82 Å². The summed E-state index contributed by atoms with van der Waals surface area (Å²) in [5.74, 6) is 1.35. The Bertz CT molecular complexity index is 850. The van der Waals surface area contributed by atoms with Gasteiger partial charge in [-0.2, -0.15) is 10.1 Å².